The molecule has 0 fully saturated rings. The number of Topliss-reactive ketones (excluding diaryl/α,β-unsaturated/α-hetero) is 2. The maximum atomic E-state index is 10.2. The van der Waals surface area contributed by atoms with E-state index in [0.29, 0.717) is 19.3 Å². The molecule has 0 saturated heterocycles. The first-order chi connectivity index (χ1) is 6.91. The van der Waals surface area contributed by atoms with E-state index in [9.17, 15) is 14.4 Å². The van der Waals surface area contributed by atoms with Crippen molar-refractivity contribution in [3.8, 4) is 0 Å². The number of ether oxygens (including phenoxy) is 1. The highest BCUT2D eigenvalue weighted by atomic mass is 16.5. The van der Waals surface area contributed by atoms with Crippen LogP contribution in [0.3, 0.4) is 0 Å². The van der Waals surface area contributed by atoms with Gasteiger partial charge in [0, 0.05) is 12.8 Å². The van der Waals surface area contributed by atoms with Crippen molar-refractivity contribution in [2.24, 2.45) is 0 Å². The van der Waals surface area contributed by atoms with E-state index < -0.39 is 0 Å². The Kier molecular flexibility index (Phi) is 6.25. The highest BCUT2D eigenvalue weighted by Gasteiger charge is 2.08. The van der Waals surface area contributed by atoms with E-state index in [2.05, 4.69) is 4.74 Å². The maximum absolute atomic E-state index is 10.2. The molecule has 0 bridgehead atoms. The van der Waals surface area contributed by atoms with Crippen LogP contribution in [0.1, 0.15) is 40.0 Å². The van der Waals surface area contributed by atoms with Gasteiger partial charge in [-0.15, -0.1) is 0 Å². The number of ketones is 2. The zero-order valence-corrected chi connectivity index (χ0v) is 9.33. The molecular weight excluding hydrogens is 196 g/mol. The summed E-state index contributed by atoms with van der Waals surface area (Å²) in [7, 11) is 0. The third kappa shape index (κ3) is 8.87. The lowest BCUT2D eigenvalue weighted by molar-refractivity contribution is -0.136. The molecule has 84 valence electrons. The average Bonchev–Trinajstić information content (AvgIpc) is 2.47. The van der Waals surface area contributed by atoms with Crippen molar-refractivity contribution in [3.63, 3.8) is 0 Å². The van der Waals surface area contributed by atoms with Crippen molar-refractivity contribution >= 4 is 17.5 Å². The van der Waals surface area contributed by atoms with Crippen LogP contribution in [-0.2, 0) is 19.1 Å². The summed E-state index contributed by atoms with van der Waals surface area (Å²) in [6.07, 6.45) is 3.01. The number of cyclic esters (lactones) is 1. The maximum Gasteiger partial charge on any atom is 0.314 e. The monoisotopic (exact) mass is 212 g/mol. The van der Waals surface area contributed by atoms with E-state index in [1.165, 1.54) is 13.8 Å². The Bertz CT molecular complexity index is 275. The van der Waals surface area contributed by atoms with Gasteiger partial charge in [0.15, 0.2) is 0 Å². The first-order valence-electron chi connectivity index (χ1n) is 4.78. The fourth-order valence-corrected chi connectivity index (χ4v) is 0.842. The molecule has 1 aliphatic rings. The van der Waals surface area contributed by atoms with Crippen LogP contribution >= 0.6 is 0 Å². The van der Waals surface area contributed by atoms with Crippen LogP contribution in [-0.4, -0.2) is 17.5 Å². The first kappa shape index (κ1) is 13.5. The van der Waals surface area contributed by atoms with Crippen molar-refractivity contribution in [2.75, 3.05) is 0 Å². The van der Waals surface area contributed by atoms with Crippen LogP contribution in [0.4, 0.5) is 0 Å². The van der Waals surface area contributed by atoms with Crippen molar-refractivity contribution in [2.45, 2.75) is 40.0 Å². The van der Waals surface area contributed by atoms with Crippen LogP contribution in [0.15, 0.2) is 11.8 Å². The zero-order chi connectivity index (χ0) is 11.8. The third-order valence-electron chi connectivity index (χ3n) is 1.66. The summed E-state index contributed by atoms with van der Waals surface area (Å²) in [5.41, 5.74) is 0. The summed E-state index contributed by atoms with van der Waals surface area (Å²) in [6.45, 7) is 4.75. The highest BCUT2D eigenvalue weighted by molar-refractivity contribution is 5.83. The summed E-state index contributed by atoms with van der Waals surface area (Å²) in [4.78, 5) is 30.6. The molecule has 0 amide bonds. The minimum Gasteiger partial charge on any atom is -0.431 e. The number of esters is 1. The number of hydrogen-bond acceptors (Lipinski definition) is 4. The standard InChI is InChI=1S/C6H10O2.C5H6O2/c1-5(7)3-4-6(2)8;1-4-2-3-5(6)7-4/h3-4H2,1-2H3;2H,3H2,1H3. The van der Waals surface area contributed by atoms with Crippen LogP contribution in [0.25, 0.3) is 0 Å². The van der Waals surface area contributed by atoms with Gasteiger partial charge in [-0.3, -0.25) is 4.79 Å². The zero-order valence-electron chi connectivity index (χ0n) is 9.33. The molecule has 0 atom stereocenters. The molecule has 0 aromatic heterocycles. The lowest BCUT2D eigenvalue weighted by Gasteiger charge is -1.87. The second-order valence-corrected chi connectivity index (χ2v) is 3.40. The van der Waals surface area contributed by atoms with Crippen molar-refractivity contribution in [1.29, 1.82) is 0 Å². The van der Waals surface area contributed by atoms with Crippen molar-refractivity contribution in [1.82, 2.24) is 0 Å². The van der Waals surface area contributed by atoms with Crippen molar-refractivity contribution in [3.05, 3.63) is 11.8 Å². The molecule has 0 aromatic rings. The molecule has 15 heavy (non-hydrogen) atoms. The summed E-state index contributed by atoms with van der Waals surface area (Å²) in [6, 6.07) is 0. The van der Waals surface area contributed by atoms with Gasteiger partial charge in [0.1, 0.15) is 17.3 Å². The van der Waals surface area contributed by atoms with Gasteiger partial charge in [0.05, 0.1) is 6.42 Å². The van der Waals surface area contributed by atoms with Gasteiger partial charge in [0.2, 0.25) is 0 Å². The van der Waals surface area contributed by atoms with E-state index in [0.717, 1.165) is 5.76 Å². The summed E-state index contributed by atoms with van der Waals surface area (Å²) in [5.74, 6) is 0.753. The van der Waals surface area contributed by atoms with Gasteiger partial charge < -0.3 is 14.3 Å². The predicted octanol–water partition coefficient (Wildman–Crippen LogP) is 1.78. The Hall–Kier alpha value is -1.45. The van der Waals surface area contributed by atoms with Gasteiger partial charge in [-0.05, 0) is 26.8 Å². The summed E-state index contributed by atoms with van der Waals surface area (Å²) >= 11 is 0. The quantitative estimate of drug-likeness (QED) is 0.669. The predicted molar refractivity (Wildman–Crippen MR) is 55.1 cm³/mol. The molecule has 0 saturated carbocycles. The molecule has 0 aromatic carbocycles. The molecule has 0 spiro atoms. The number of hydrogen-bond donors (Lipinski definition) is 0. The third-order valence-corrected chi connectivity index (χ3v) is 1.66. The molecular formula is C11H16O4. The smallest absolute Gasteiger partial charge is 0.314 e. The van der Waals surface area contributed by atoms with Crippen LogP contribution in [0.2, 0.25) is 0 Å². The molecule has 0 N–H and O–H groups in total. The number of rotatable bonds is 3. The molecule has 1 aliphatic heterocycles. The van der Waals surface area contributed by atoms with E-state index in [1.54, 1.807) is 13.0 Å². The molecule has 0 aliphatic carbocycles. The van der Waals surface area contributed by atoms with E-state index in [4.69, 9.17) is 0 Å². The van der Waals surface area contributed by atoms with Crippen molar-refractivity contribution < 1.29 is 19.1 Å². The normalized spacial score (nSPS) is 13.5. The van der Waals surface area contributed by atoms with Gasteiger partial charge >= 0.3 is 5.97 Å². The SMILES string of the molecule is CC(=O)CCC(C)=O.CC1=CCC(=O)O1. The van der Waals surface area contributed by atoms with Crippen LogP contribution in [0.5, 0.6) is 0 Å². The number of allylic oxidation sites excluding steroid dienone is 1. The highest BCUT2D eigenvalue weighted by Crippen LogP contribution is 2.07. The molecule has 0 unspecified atom stereocenters. The van der Waals surface area contributed by atoms with Crippen LogP contribution < -0.4 is 0 Å². The Morgan fingerprint density at radius 3 is 1.87 bits per heavy atom. The van der Waals surface area contributed by atoms with Gasteiger partial charge in [0.25, 0.3) is 0 Å². The summed E-state index contributed by atoms with van der Waals surface area (Å²) < 4.78 is 4.58. The summed E-state index contributed by atoms with van der Waals surface area (Å²) in [5, 5.41) is 0. The van der Waals surface area contributed by atoms with E-state index in [-0.39, 0.29) is 17.5 Å². The van der Waals surface area contributed by atoms with Crippen LogP contribution in [0, 0.1) is 0 Å². The minimum absolute atomic E-state index is 0.0835. The topological polar surface area (TPSA) is 60.4 Å². The van der Waals surface area contributed by atoms with Gasteiger partial charge in [-0.1, -0.05) is 0 Å². The Balaban J connectivity index is 0.000000262. The van der Waals surface area contributed by atoms with E-state index >= 15 is 0 Å². The fourth-order valence-electron chi connectivity index (χ4n) is 0.842. The largest absolute Gasteiger partial charge is 0.431 e. The number of carbonyl (C=O) groups is 3. The minimum atomic E-state index is -0.141. The molecule has 4 heteroatoms. The average molecular weight is 212 g/mol. The Morgan fingerprint density at radius 1 is 1.27 bits per heavy atom. The molecule has 1 rings (SSSR count). The lowest BCUT2D eigenvalue weighted by atomic mass is 10.2. The van der Waals surface area contributed by atoms with E-state index in [1.807, 2.05) is 0 Å². The van der Waals surface area contributed by atoms with Gasteiger partial charge in [-0.25, -0.2) is 0 Å². The lowest BCUT2D eigenvalue weighted by Crippen LogP contribution is -1.95. The number of carbonyl (C=O) groups excluding carboxylic acids is 3. The Labute approximate surface area is 89.3 Å². The molecule has 0 radical (unpaired) electrons. The second kappa shape index (κ2) is 6.92. The fraction of sp³-hybridized carbons (Fsp3) is 0.545. The molecule has 1 heterocycles. The second-order valence-electron chi connectivity index (χ2n) is 3.40. The Morgan fingerprint density at radius 2 is 1.73 bits per heavy atom. The molecule has 4 nitrogen and oxygen atoms in total. The first-order valence-corrected chi connectivity index (χ1v) is 4.78. The van der Waals surface area contributed by atoms with Gasteiger partial charge in [-0.2, -0.15) is 0 Å².